The highest BCUT2D eigenvalue weighted by Gasteiger charge is 2.25. The lowest BCUT2D eigenvalue weighted by Gasteiger charge is -2.21. The van der Waals surface area contributed by atoms with Gasteiger partial charge in [0.2, 0.25) is 5.95 Å². The highest BCUT2D eigenvalue weighted by Crippen LogP contribution is 2.38. The van der Waals surface area contributed by atoms with Gasteiger partial charge in [-0.2, -0.15) is 0 Å². The topological polar surface area (TPSA) is 98.4 Å². The lowest BCUT2D eigenvalue weighted by molar-refractivity contribution is 0.322. The number of ether oxygens (including phenoxy) is 2. The summed E-state index contributed by atoms with van der Waals surface area (Å²) in [5.74, 6) is -1.57. The average molecular weight is 430 g/mol. The number of pyridine rings is 1. The Morgan fingerprint density at radius 1 is 1.16 bits per heavy atom. The van der Waals surface area contributed by atoms with E-state index in [4.69, 9.17) is 15.2 Å². The van der Waals surface area contributed by atoms with Crippen LogP contribution in [0.2, 0.25) is 0 Å². The standard InChI is InChI=1S/C21H24F2N6O2/c1-29-6-4-5-12(29)10-25-20-19-11(9-26-21(24)28-19)7-13(27-20)16-17(22)14(30-2)8-15(31-3)18(16)23/h7-9,12H,4-6,10H2,1-3H3,(H,25,27)(H2,24,26,28). The third kappa shape index (κ3) is 3.90. The molecular formula is C21H24F2N6O2. The molecule has 1 fully saturated rings. The van der Waals surface area contributed by atoms with Crippen LogP contribution in [0.4, 0.5) is 20.5 Å². The number of nitrogen functional groups attached to an aromatic ring is 1. The van der Waals surface area contributed by atoms with Crippen LogP contribution in [-0.4, -0.2) is 60.3 Å². The van der Waals surface area contributed by atoms with Crippen LogP contribution >= 0.6 is 0 Å². The predicted molar refractivity (Wildman–Crippen MR) is 114 cm³/mol. The number of hydrogen-bond acceptors (Lipinski definition) is 8. The molecule has 3 aromatic rings. The van der Waals surface area contributed by atoms with Crippen LogP contribution in [-0.2, 0) is 0 Å². The Bertz CT molecular complexity index is 1100. The second-order valence-electron chi connectivity index (χ2n) is 7.46. The van der Waals surface area contributed by atoms with Crippen molar-refractivity contribution in [3.05, 3.63) is 30.0 Å². The van der Waals surface area contributed by atoms with Crippen molar-refractivity contribution in [1.29, 1.82) is 0 Å². The third-order valence-electron chi connectivity index (χ3n) is 5.59. The smallest absolute Gasteiger partial charge is 0.220 e. The van der Waals surface area contributed by atoms with Crippen LogP contribution in [0, 0.1) is 11.6 Å². The first-order chi connectivity index (χ1) is 14.9. The van der Waals surface area contributed by atoms with Crippen molar-refractivity contribution in [3.8, 4) is 22.8 Å². The van der Waals surface area contributed by atoms with E-state index >= 15 is 8.78 Å². The molecule has 10 heteroatoms. The summed E-state index contributed by atoms with van der Waals surface area (Å²) < 4.78 is 40.3. The fourth-order valence-electron chi connectivity index (χ4n) is 3.87. The minimum atomic E-state index is -0.870. The van der Waals surface area contributed by atoms with Crippen LogP contribution in [0.25, 0.3) is 22.2 Å². The molecule has 1 aliphatic rings. The van der Waals surface area contributed by atoms with Crippen LogP contribution in [0.3, 0.4) is 0 Å². The number of nitrogens with one attached hydrogen (secondary N) is 1. The number of nitrogens with zero attached hydrogens (tertiary/aromatic N) is 4. The van der Waals surface area contributed by atoms with E-state index in [1.807, 2.05) is 0 Å². The van der Waals surface area contributed by atoms with E-state index in [-0.39, 0.29) is 28.7 Å². The van der Waals surface area contributed by atoms with Gasteiger partial charge in [-0.25, -0.2) is 23.7 Å². The van der Waals surface area contributed by atoms with Gasteiger partial charge in [-0.15, -0.1) is 0 Å². The lowest BCUT2D eigenvalue weighted by atomic mass is 10.1. The summed E-state index contributed by atoms with van der Waals surface area (Å²) in [6.45, 7) is 1.63. The molecule has 3 heterocycles. The van der Waals surface area contributed by atoms with Gasteiger partial charge in [0.15, 0.2) is 29.0 Å². The van der Waals surface area contributed by atoms with Crippen LogP contribution in [0.5, 0.6) is 11.5 Å². The first-order valence-electron chi connectivity index (χ1n) is 9.90. The minimum absolute atomic E-state index is 0.0651. The molecule has 4 rings (SSSR count). The summed E-state index contributed by atoms with van der Waals surface area (Å²) in [5.41, 5.74) is 5.96. The van der Waals surface area contributed by atoms with Gasteiger partial charge >= 0.3 is 0 Å². The van der Waals surface area contributed by atoms with E-state index in [2.05, 4.69) is 32.2 Å². The molecule has 8 nitrogen and oxygen atoms in total. The Morgan fingerprint density at radius 3 is 2.48 bits per heavy atom. The number of hydrogen-bond donors (Lipinski definition) is 2. The Kier molecular flexibility index (Phi) is 5.73. The van der Waals surface area contributed by atoms with Crippen molar-refractivity contribution in [2.24, 2.45) is 0 Å². The molecule has 0 aliphatic carbocycles. The second-order valence-corrected chi connectivity index (χ2v) is 7.46. The van der Waals surface area contributed by atoms with E-state index in [0.717, 1.165) is 25.5 Å². The SMILES string of the molecule is COc1cc(OC)c(F)c(-c2cc3cnc(N)nc3c(NCC3CCCN3C)n2)c1F. The zero-order valence-electron chi connectivity index (χ0n) is 17.6. The van der Waals surface area contributed by atoms with Gasteiger partial charge in [0.25, 0.3) is 0 Å². The van der Waals surface area contributed by atoms with Gasteiger partial charge in [0, 0.05) is 30.2 Å². The highest BCUT2D eigenvalue weighted by molar-refractivity contribution is 5.91. The molecule has 0 bridgehead atoms. The maximum absolute atomic E-state index is 15.1. The molecule has 0 spiro atoms. The number of rotatable bonds is 6. The summed E-state index contributed by atoms with van der Waals surface area (Å²) in [6, 6.07) is 3.00. The molecule has 31 heavy (non-hydrogen) atoms. The van der Waals surface area contributed by atoms with Crippen LogP contribution < -0.4 is 20.5 Å². The normalized spacial score (nSPS) is 16.6. The van der Waals surface area contributed by atoms with Crippen molar-refractivity contribution < 1.29 is 18.3 Å². The number of benzene rings is 1. The molecular weight excluding hydrogens is 406 g/mol. The van der Waals surface area contributed by atoms with Crippen molar-refractivity contribution >= 4 is 22.7 Å². The summed E-state index contributed by atoms with van der Waals surface area (Å²) in [7, 11) is 4.67. The molecule has 1 unspecified atom stereocenters. The average Bonchev–Trinajstić information content (AvgIpc) is 3.17. The first-order valence-corrected chi connectivity index (χ1v) is 9.90. The van der Waals surface area contributed by atoms with Crippen LogP contribution in [0.15, 0.2) is 18.3 Å². The molecule has 1 saturated heterocycles. The Balaban J connectivity index is 1.85. The molecule has 2 aromatic heterocycles. The molecule has 0 saturated carbocycles. The second kappa shape index (κ2) is 8.46. The van der Waals surface area contributed by atoms with E-state index < -0.39 is 11.6 Å². The Hall–Kier alpha value is -3.27. The predicted octanol–water partition coefficient (Wildman–Crippen LogP) is 3.08. The van der Waals surface area contributed by atoms with Gasteiger partial charge in [0.05, 0.1) is 25.5 Å². The quantitative estimate of drug-likeness (QED) is 0.616. The van der Waals surface area contributed by atoms with Crippen molar-refractivity contribution in [2.75, 3.05) is 45.4 Å². The number of fused-ring (bicyclic) bond motifs is 1. The van der Waals surface area contributed by atoms with E-state index in [1.165, 1.54) is 26.5 Å². The zero-order chi connectivity index (χ0) is 22.1. The van der Waals surface area contributed by atoms with Gasteiger partial charge in [-0.05, 0) is 32.5 Å². The number of likely N-dealkylation sites (tertiary alicyclic amines) is 1. The minimum Gasteiger partial charge on any atom is -0.494 e. The van der Waals surface area contributed by atoms with Gasteiger partial charge in [-0.1, -0.05) is 0 Å². The maximum atomic E-state index is 15.1. The third-order valence-corrected chi connectivity index (χ3v) is 5.59. The molecule has 3 N–H and O–H groups in total. The number of likely N-dealkylation sites (N-methyl/N-ethyl adjacent to an activating group) is 1. The summed E-state index contributed by atoms with van der Waals surface area (Å²) in [6.07, 6.45) is 3.67. The van der Waals surface area contributed by atoms with Crippen LogP contribution in [0.1, 0.15) is 12.8 Å². The number of anilines is 2. The number of halogens is 2. The summed E-state index contributed by atoms with van der Waals surface area (Å²) in [4.78, 5) is 15.1. The van der Waals surface area contributed by atoms with E-state index in [9.17, 15) is 0 Å². The summed E-state index contributed by atoms with van der Waals surface area (Å²) in [5, 5.41) is 3.83. The van der Waals surface area contributed by atoms with Gasteiger partial charge in [-0.3, -0.25) is 0 Å². The molecule has 1 atom stereocenters. The van der Waals surface area contributed by atoms with E-state index in [1.54, 1.807) is 0 Å². The Labute approximate surface area is 178 Å². The number of methoxy groups -OCH3 is 2. The fourth-order valence-corrected chi connectivity index (χ4v) is 3.87. The fraction of sp³-hybridized carbons (Fsp3) is 0.381. The van der Waals surface area contributed by atoms with Crippen molar-refractivity contribution in [2.45, 2.75) is 18.9 Å². The molecule has 0 radical (unpaired) electrons. The first kappa shape index (κ1) is 21.0. The zero-order valence-corrected chi connectivity index (χ0v) is 17.6. The molecule has 164 valence electrons. The molecule has 0 amide bonds. The number of aromatic nitrogens is 3. The highest BCUT2D eigenvalue weighted by atomic mass is 19.1. The lowest BCUT2D eigenvalue weighted by Crippen LogP contribution is -2.31. The molecule has 1 aromatic carbocycles. The van der Waals surface area contributed by atoms with Gasteiger partial charge < -0.3 is 25.4 Å². The summed E-state index contributed by atoms with van der Waals surface area (Å²) >= 11 is 0. The number of nitrogens with two attached hydrogens (primary N) is 1. The van der Waals surface area contributed by atoms with Gasteiger partial charge in [0.1, 0.15) is 5.52 Å². The Morgan fingerprint density at radius 2 is 1.87 bits per heavy atom. The van der Waals surface area contributed by atoms with Crippen molar-refractivity contribution in [1.82, 2.24) is 19.9 Å². The van der Waals surface area contributed by atoms with E-state index in [0.29, 0.717) is 29.3 Å². The largest absolute Gasteiger partial charge is 0.494 e. The maximum Gasteiger partial charge on any atom is 0.220 e. The van der Waals surface area contributed by atoms with Crippen molar-refractivity contribution in [3.63, 3.8) is 0 Å². The monoisotopic (exact) mass is 430 g/mol. The molecule has 1 aliphatic heterocycles.